The minimum absolute atomic E-state index is 0.0176. The molecule has 1 amide bonds. The van der Waals surface area contributed by atoms with Crippen LogP contribution in [0.5, 0.6) is 0 Å². The maximum Gasteiger partial charge on any atom is 0.224 e. The molecule has 0 unspecified atom stereocenters. The third-order valence-electron chi connectivity index (χ3n) is 5.26. The Hall–Kier alpha value is -3.26. The number of aromatic nitrogens is 2. The number of amides is 1. The van der Waals surface area contributed by atoms with Gasteiger partial charge in [0.2, 0.25) is 5.91 Å². The van der Waals surface area contributed by atoms with Crippen LogP contribution in [0.4, 0.5) is 11.5 Å². The predicted molar refractivity (Wildman–Crippen MR) is 125 cm³/mol. The van der Waals surface area contributed by atoms with Crippen molar-refractivity contribution in [3.8, 4) is 11.4 Å². The molecule has 0 saturated carbocycles. The Morgan fingerprint density at radius 3 is 2.50 bits per heavy atom. The number of rotatable bonds is 7. The summed E-state index contributed by atoms with van der Waals surface area (Å²) in [6.07, 6.45) is 2.34. The van der Waals surface area contributed by atoms with Crippen molar-refractivity contribution in [3.05, 3.63) is 65.9 Å². The Labute approximate surface area is 188 Å². The number of carbonyl (C=O) groups is 1. The minimum Gasteiger partial charge on any atom is -0.356 e. The number of nitrogens with one attached hydrogen (secondary N) is 2. The average Bonchev–Trinajstić information content (AvgIpc) is 2.79. The molecule has 8 heteroatoms. The number of anilines is 2. The lowest BCUT2D eigenvalue weighted by Crippen LogP contribution is -2.25. The van der Waals surface area contributed by atoms with Crippen LogP contribution in [-0.2, 0) is 27.5 Å². The molecule has 2 N–H and O–H groups in total. The van der Waals surface area contributed by atoms with Crippen LogP contribution in [0.15, 0.2) is 59.5 Å². The largest absolute Gasteiger partial charge is 0.356 e. The highest BCUT2D eigenvalue weighted by Gasteiger charge is 2.30. The topological polar surface area (TPSA) is 101 Å². The lowest BCUT2D eigenvalue weighted by molar-refractivity contribution is -0.120. The van der Waals surface area contributed by atoms with Gasteiger partial charge in [-0.25, -0.2) is 18.4 Å². The van der Waals surface area contributed by atoms with Gasteiger partial charge in [-0.05, 0) is 37.0 Å². The molecule has 0 atom stereocenters. The van der Waals surface area contributed by atoms with E-state index in [1.165, 1.54) is 0 Å². The van der Waals surface area contributed by atoms with Gasteiger partial charge in [-0.2, -0.15) is 0 Å². The predicted octanol–water partition coefficient (Wildman–Crippen LogP) is 3.68. The summed E-state index contributed by atoms with van der Waals surface area (Å²) < 4.78 is 25.7. The fourth-order valence-corrected chi connectivity index (χ4v) is 5.31. The third-order valence-corrected chi connectivity index (χ3v) is 7.14. The first kappa shape index (κ1) is 22.0. The lowest BCUT2D eigenvalue weighted by atomic mass is 10.1. The van der Waals surface area contributed by atoms with E-state index in [0.717, 1.165) is 17.5 Å². The van der Waals surface area contributed by atoms with E-state index < -0.39 is 9.84 Å². The highest BCUT2D eigenvalue weighted by atomic mass is 32.2. The summed E-state index contributed by atoms with van der Waals surface area (Å²) in [7, 11) is -3.47. The molecule has 0 radical (unpaired) electrons. The van der Waals surface area contributed by atoms with Gasteiger partial charge in [-0.3, -0.25) is 4.79 Å². The van der Waals surface area contributed by atoms with E-state index in [0.29, 0.717) is 48.8 Å². The summed E-state index contributed by atoms with van der Waals surface area (Å²) in [5.41, 5.74) is 2.96. The first-order valence-corrected chi connectivity index (χ1v) is 12.4. The van der Waals surface area contributed by atoms with Gasteiger partial charge in [0.05, 0.1) is 17.9 Å². The van der Waals surface area contributed by atoms with Crippen LogP contribution in [0.2, 0.25) is 0 Å². The van der Waals surface area contributed by atoms with E-state index in [-0.39, 0.29) is 16.6 Å². The maximum atomic E-state index is 12.8. The molecule has 166 valence electrons. The molecule has 1 aliphatic rings. The molecule has 0 bridgehead atoms. The van der Waals surface area contributed by atoms with Crippen molar-refractivity contribution >= 4 is 27.2 Å². The van der Waals surface area contributed by atoms with Crippen LogP contribution in [0.25, 0.3) is 11.4 Å². The van der Waals surface area contributed by atoms with Gasteiger partial charge in [-0.15, -0.1) is 0 Å². The monoisotopic (exact) mass is 450 g/mol. The highest BCUT2D eigenvalue weighted by molar-refractivity contribution is 7.91. The Bertz CT molecular complexity index is 1210. The standard InChI is InChI=1S/C24H26N4O3S/c1-2-14-25-21(29)16-17-10-12-19(13-11-17)26-24-22-20(9-6-15-32(22,30)31)27-23(28-24)18-7-4-3-5-8-18/h3-5,7-8,10-13H,2,6,9,14-16H2,1H3,(H,25,29)(H,26,27,28). The molecule has 0 fully saturated rings. The lowest BCUT2D eigenvalue weighted by Gasteiger charge is -2.20. The van der Waals surface area contributed by atoms with Gasteiger partial charge in [0.15, 0.2) is 21.5 Å². The quantitative estimate of drug-likeness (QED) is 0.570. The SMILES string of the molecule is CCCNC(=O)Cc1ccc(Nc2nc(-c3ccccc3)nc3c2S(=O)(=O)CCC3)cc1. The Balaban J connectivity index is 1.65. The van der Waals surface area contributed by atoms with Crippen molar-refractivity contribution in [2.24, 2.45) is 0 Å². The molecule has 0 saturated heterocycles. The van der Waals surface area contributed by atoms with E-state index in [4.69, 9.17) is 0 Å². The summed E-state index contributed by atoms with van der Waals surface area (Å²) in [5.74, 6) is 0.861. The van der Waals surface area contributed by atoms with Crippen LogP contribution < -0.4 is 10.6 Å². The first-order chi connectivity index (χ1) is 15.5. The smallest absolute Gasteiger partial charge is 0.224 e. The van der Waals surface area contributed by atoms with Crippen LogP contribution in [-0.4, -0.2) is 36.6 Å². The molecule has 4 rings (SSSR count). The fraction of sp³-hybridized carbons (Fsp3) is 0.292. The number of carbonyl (C=O) groups excluding carboxylic acids is 1. The van der Waals surface area contributed by atoms with Gasteiger partial charge in [0.1, 0.15) is 4.90 Å². The van der Waals surface area contributed by atoms with Crippen LogP contribution in [0.3, 0.4) is 0 Å². The molecule has 3 aromatic rings. The Morgan fingerprint density at radius 2 is 1.78 bits per heavy atom. The zero-order chi connectivity index (χ0) is 22.6. The van der Waals surface area contributed by atoms with Gasteiger partial charge in [-0.1, -0.05) is 49.4 Å². The fourth-order valence-electron chi connectivity index (χ4n) is 3.68. The normalized spacial score (nSPS) is 14.4. The molecule has 2 aromatic carbocycles. The second kappa shape index (κ2) is 9.48. The molecule has 7 nitrogen and oxygen atoms in total. The van der Waals surface area contributed by atoms with Crippen molar-refractivity contribution in [1.82, 2.24) is 15.3 Å². The van der Waals surface area contributed by atoms with Crippen LogP contribution in [0.1, 0.15) is 31.0 Å². The number of sulfone groups is 1. The molecular weight excluding hydrogens is 424 g/mol. The van der Waals surface area contributed by atoms with Crippen molar-refractivity contribution in [2.45, 2.75) is 37.5 Å². The number of hydrogen-bond acceptors (Lipinski definition) is 6. The number of aryl methyl sites for hydroxylation is 1. The van der Waals surface area contributed by atoms with E-state index in [1.54, 1.807) is 0 Å². The van der Waals surface area contributed by atoms with Crippen molar-refractivity contribution in [1.29, 1.82) is 0 Å². The molecule has 1 aromatic heterocycles. The molecule has 1 aliphatic heterocycles. The van der Waals surface area contributed by atoms with E-state index in [1.807, 2.05) is 61.5 Å². The molecule has 2 heterocycles. The summed E-state index contributed by atoms with van der Waals surface area (Å²) in [5, 5.41) is 6.04. The highest BCUT2D eigenvalue weighted by Crippen LogP contribution is 2.33. The van der Waals surface area contributed by atoms with Gasteiger partial charge >= 0.3 is 0 Å². The number of fused-ring (bicyclic) bond motifs is 1. The summed E-state index contributed by atoms with van der Waals surface area (Å²) >= 11 is 0. The molecule has 0 aliphatic carbocycles. The second-order valence-electron chi connectivity index (χ2n) is 7.81. The van der Waals surface area contributed by atoms with E-state index in [2.05, 4.69) is 20.6 Å². The summed E-state index contributed by atoms with van der Waals surface area (Å²) in [6, 6.07) is 16.9. The maximum absolute atomic E-state index is 12.8. The van der Waals surface area contributed by atoms with Gasteiger partial charge in [0.25, 0.3) is 0 Å². The second-order valence-corrected chi connectivity index (χ2v) is 9.85. The van der Waals surface area contributed by atoms with Gasteiger partial charge < -0.3 is 10.6 Å². The minimum atomic E-state index is -3.47. The molecular formula is C24H26N4O3S. The molecule has 0 spiro atoms. The van der Waals surface area contributed by atoms with Crippen molar-refractivity contribution in [3.63, 3.8) is 0 Å². The summed E-state index contributed by atoms with van der Waals surface area (Å²) in [6.45, 7) is 2.67. The number of benzene rings is 2. The van der Waals surface area contributed by atoms with Crippen LogP contribution in [0, 0.1) is 0 Å². The zero-order valence-corrected chi connectivity index (χ0v) is 18.8. The van der Waals surface area contributed by atoms with Crippen molar-refractivity contribution < 1.29 is 13.2 Å². The summed E-state index contributed by atoms with van der Waals surface area (Å²) in [4.78, 5) is 21.3. The Kier molecular flexibility index (Phi) is 6.50. The van der Waals surface area contributed by atoms with E-state index >= 15 is 0 Å². The Morgan fingerprint density at radius 1 is 1.03 bits per heavy atom. The number of nitrogens with zero attached hydrogens (tertiary/aromatic N) is 2. The molecule has 32 heavy (non-hydrogen) atoms. The average molecular weight is 451 g/mol. The number of hydrogen-bond donors (Lipinski definition) is 2. The van der Waals surface area contributed by atoms with Crippen LogP contribution >= 0.6 is 0 Å². The first-order valence-electron chi connectivity index (χ1n) is 10.8. The van der Waals surface area contributed by atoms with Gasteiger partial charge in [0, 0.05) is 17.8 Å². The van der Waals surface area contributed by atoms with Crippen molar-refractivity contribution in [2.75, 3.05) is 17.6 Å². The van der Waals surface area contributed by atoms with E-state index in [9.17, 15) is 13.2 Å². The zero-order valence-electron chi connectivity index (χ0n) is 18.0. The third kappa shape index (κ3) is 4.96.